The maximum absolute atomic E-state index is 12.2. The van der Waals surface area contributed by atoms with E-state index in [1.165, 1.54) is 11.3 Å². The molecule has 6 nitrogen and oxygen atoms in total. The largest absolute Gasteiger partial charge is 0.545 e. The molecule has 2 rings (SSSR count). The van der Waals surface area contributed by atoms with Crippen LogP contribution in [0.3, 0.4) is 0 Å². The van der Waals surface area contributed by atoms with E-state index in [1.807, 2.05) is 37.3 Å². The van der Waals surface area contributed by atoms with Gasteiger partial charge in [0.25, 0.3) is 11.8 Å². The normalized spacial score (nSPS) is 10.5. The minimum Gasteiger partial charge on any atom is -0.545 e. The van der Waals surface area contributed by atoms with Crippen molar-refractivity contribution in [3.63, 3.8) is 0 Å². The Morgan fingerprint density at radius 3 is 2.43 bits per heavy atom. The third-order valence-electron chi connectivity index (χ3n) is 2.95. The van der Waals surface area contributed by atoms with E-state index in [9.17, 15) is 19.5 Å². The van der Waals surface area contributed by atoms with Crippen LogP contribution in [0.5, 0.6) is 0 Å². The van der Waals surface area contributed by atoms with Gasteiger partial charge in [-0.2, -0.15) is 0 Å². The van der Waals surface area contributed by atoms with Crippen LogP contribution >= 0.6 is 11.3 Å². The topological polar surface area (TPSA) is 98.3 Å². The Balaban J connectivity index is 2.12. The molecule has 1 heterocycles. The number of nitrogens with one attached hydrogen (secondary N) is 2. The van der Waals surface area contributed by atoms with Gasteiger partial charge in [-0.1, -0.05) is 30.3 Å². The van der Waals surface area contributed by atoms with Gasteiger partial charge in [0.15, 0.2) is 0 Å². The standard InChI is InChI=1S/C16H14N2O4S/c1-10-15(11-5-3-2-4-6-11)12(9-23-10)16(22)18-17-13(19)7-8-14(20)21/h2-9H,1H3,(H,17,19)(H,18,22)(H,20,21)/p-1. The molecule has 1 aromatic heterocycles. The lowest BCUT2D eigenvalue weighted by Gasteiger charge is -2.08. The second-order valence-corrected chi connectivity index (χ2v) is 5.63. The highest BCUT2D eigenvalue weighted by Gasteiger charge is 2.17. The van der Waals surface area contributed by atoms with Crippen LogP contribution in [0.4, 0.5) is 0 Å². The van der Waals surface area contributed by atoms with Crippen molar-refractivity contribution < 1.29 is 19.5 Å². The van der Waals surface area contributed by atoms with E-state index >= 15 is 0 Å². The summed E-state index contributed by atoms with van der Waals surface area (Å²) in [5, 5.41) is 11.9. The molecule has 2 amide bonds. The number of carbonyl (C=O) groups excluding carboxylic acids is 3. The summed E-state index contributed by atoms with van der Waals surface area (Å²) in [6.07, 6.45) is 1.33. The summed E-state index contributed by atoms with van der Waals surface area (Å²) in [6.45, 7) is 1.91. The third-order valence-corrected chi connectivity index (χ3v) is 3.86. The van der Waals surface area contributed by atoms with Crippen LogP contribution in [-0.2, 0) is 9.59 Å². The predicted molar refractivity (Wildman–Crippen MR) is 84.2 cm³/mol. The van der Waals surface area contributed by atoms with Gasteiger partial charge in [0.2, 0.25) is 0 Å². The monoisotopic (exact) mass is 329 g/mol. The van der Waals surface area contributed by atoms with E-state index in [1.54, 1.807) is 5.38 Å². The highest BCUT2D eigenvalue weighted by atomic mass is 32.1. The highest BCUT2D eigenvalue weighted by Crippen LogP contribution is 2.32. The second-order valence-electron chi connectivity index (χ2n) is 4.54. The number of aryl methyl sites for hydroxylation is 1. The van der Waals surface area contributed by atoms with Crippen molar-refractivity contribution in [3.05, 3.63) is 58.3 Å². The molecule has 0 bridgehead atoms. The number of hydrogen-bond acceptors (Lipinski definition) is 5. The molecule has 1 aromatic carbocycles. The van der Waals surface area contributed by atoms with Gasteiger partial charge in [0.1, 0.15) is 0 Å². The van der Waals surface area contributed by atoms with Crippen molar-refractivity contribution in [2.75, 3.05) is 0 Å². The first-order valence-electron chi connectivity index (χ1n) is 6.62. The van der Waals surface area contributed by atoms with Gasteiger partial charge < -0.3 is 9.90 Å². The first-order valence-corrected chi connectivity index (χ1v) is 7.50. The summed E-state index contributed by atoms with van der Waals surface area (Å²) in [5.41, 5.74) is 6.50. The lowest BCUT2D eigenvalue weighted by molar-refractivity contribution is -0.297. The summed E-state index contributed by atoms with van der Waals surface area (Å²) >= 11 is 1.43. The van der Waals surface area contributed by atoms with Gasteiger partial charge in [-0.15, -0.1) is 11.3 Å². The van der Waals surface area contributed by atoms with Crippen LogP contribution in [0.2, 0.25) is 0 Å². The zero-order valence-electron chi connectivity index (χ0n) is 12.2. The van der Waals surface area contributed by atoms with Crippen LogP contribution in [-0.4, -0.2) is 17.8 Å². The molecule has 23 heavy (non-hydrogen) atoms. The summed E-state index contributed by atoms with van der Waals surface area (Å²) in [6, 6.07) is 9.43. The number of benzene rings is 1. The molecular formula is C16H13N2O4S-. The summed E-state index contributed by atoms with van der Waals surface area (Å²) in [4.78, 5) is 34.7. The molecule has 0 spiro atoms. The van der Waals surface area contributed by atoms with Gasteiger partial charge >= 0.3 is 0 Å². The molecule has 0 saturated heterocycles. The number of thiophene rings is 1. The van der Waals surface area contributed by atoms with Gasteiger partial charge in [-0.05, 0) is 18.6 Å². The Morgan fingerprint density at radius 1 is 1.09 bits per heavy atom. The van der Waals surface area contributed by atoms with Crippen LogP contribution < -0.4 is 16.0 Å². The number of hydrogen-bond donors (Lipinski definition) is 2. The Bertz CT molecular complexity index is 766. The number of amides is 2. The Labute approximate surface area is 136 Å². The fourth-order valence-electron chi connectivity index (χ4n) is 1.96. The predicted octanol–water partition coefficient (Wildman–Crippen LogP) is 0.791. The van der Waals surface area contributed by atoms with Gasteiger partial charge in [-0.25, -0.2) is 0 Å². The first kappa shape index (κ1) is 16.4. The number of aliphatic carboxylic acids is 1. The zero-order chi connectivity index (χ0) is 16.8. The zero-order valence-corrected chi connectivity index (χ0v) is 13.0. The molecule has 0 aliphatic rings. The molecule has 2 aromatic rings. The lowest BCUT2D eigenvalue weighted by atomic mass is 10.0. The molecule has 0 fully saturated rings. The fourth-order valence-corrected chi connectivity index (χ4v) is 2.82. The average Bonchev–Trinajstić information content (AvgIpc) is 2.93. The number of carbonyl (C=O) groups is 3. The molecule has 118 valence electrons. The minimum atomic E-state index is -1.49. The van der Waals surface area contributed by atoms with E-state index in [2.05, 4.69) is 10.9 Å². The molecule has 7 heteroatoms. The third kappa shape index (κ3) is 4.27. The lowest BCUT2D eigenvalue weighted by Crippen LogP contribution is -2.41. The average molecular weight is 329 g/mol. The molecule has 0 atom stereocenters. The van der Waals surface area contributed by atoms with Crippen molar-refractivity contribution in [2.24, 2.45) is 0 Å². The Kier molecular flexibility index (Phi) is 5.27. The maximum Gasteiger partial charge on any atom is 0.271 e. The van der Waals surface area contributed by atoms with Crippen molar-refractivity contribution >= 4 is 29.1 Å². The number of rotatable bonds is 4. The Morgan fingerprint density at radius 2 is 1.78 bits per heavy atom. The van der Waals surface area contributed by atoms with E-state index in [4.69, 9.17) is 0 Å². The van der Waals surface area contributed by atoms with E-state index in [0.29, 0.717) is 11.6 Å². The first-order chi connectivity index (χ1) is 11.0. The molecule has 2 N–H and O–H groups in total. The number of carboxylic acid groups (broad SMARTS) is 1. The quantitative estimate of drug-likeness (QED) is 0.640. The smallest absolute Gasteiger partial charge is 0.271 e. The van der Waals surface area contributed by atoms with E-state index in [0.717, 1.165) is 22.1 Å². The van der Waals surface area contributed by atoms with Crippen LogP contribution in [0.1, 0.15) is 15.2 Å². The van der Waals surface area contributed by atoms with Gasteiger partial charge in [-0.3, -0.25) is 20.4 Å². The molecular weight excluding hydrogens is 316 g/mol. The summed E-state index contributed by atoms with van der Waals surface area (Å²) in [5.74, 6) is -2.74. The minimum absolute atomic E-state index is 0.433. The maximum atomic E-state index is 12.2. The molecule has 0 aliphatic carbocycles. The van der Waals surface area contributed by atoms with Crippen molar-refractivity contribution in [3.8, 4) is 11.1 Å². The van der Waals surface area contributed by atoms with Crippen molar-refractivity contribution in [2.45, 2.75) is 6.92 Å². The SMILES string of the molecule is Cc1scc(C(=O)NNC(=O)C=CC(=O)[O-])c1-c1ccccc1. The molecule has 0 unspecified atom stereocenters. The highest BCUT2D eigenvalue weighted by molar-refractivity contribution is 7.10. The molecule has 0 radical (unpaired) electrons. The van der Waals surface area contributed by atoms with E-state index < -0.39 is 17.8 Å². The summed E-state index contributed by atoms with van der Waals surface area (Å²) < 4.78 is 0. The van der Waals surface area contributed by atoms with Gasteiger partial charge in [0, 0.05) is 21.9 Å². The van der Waals surface area contributed by atoms with Crippen molar-refractivity contribution in [1.29, 1.82) is 0 Å². The van der Waals surface area contributed by atoms with Crippen molar-refractivity contribution in [1.82, 2.24) is 10.9 Å². The molecule has 0 saturated carbocycles. The van der Waals surface area contributed by atoms with E-state index in [-0.39, 0.29) is 0 Å². The Hall–Kier alpha value is -2.93. The van der Waals surface area contributed by atoms with Crippen LogP contribution in [0.25, 0.3) is 11.1 Å². The number of hydrazine groups is 1. The fraction of sp³-hybridized carbons (Fsp3) is 0.0625. The molecule has 0 aliphatic heterocycles. The van der Waals surface area contributed by atoms with Gasteiger partial charge in [0.05, 0.1) is 11.5 Å². The number of carboxylic acids is 1. The summed E-state index contributed by atoms with van der Waals surface area (Å²) in [7, 11) is 0. The second kappa shape index (κ2) is 7.37. The van der Waals surface area contributed by atoms with Crippen LogP contribution in [0, 0.1) is 6.92 Å². The van der Waals surface area contributed by atoms with Crippen LogP contribution in [0.15, 0.2) is 47.9 Å².